The molecule has 6 heteroatoms. The summed E-state index contributed by atoms with van der Waals surface area (Å²) in [4.78, 5) is 18.9. The zero-order valence-electron chi connectivity index (χ0n) is 14.5. The van der Waals surface area contributed by atoms with Gasteiger partial charge in [0.1, 0.15) is 5.52 Å². The van der Waals surface area contributed by atoms with E-state index < -0.39 is 0 Å². The number of likely N-dealkylation sites (tertiary alicyclic amines) is 1. The van der Waals surface area contributed by atoms with Crippen molar-refractivity contribution in [2.24, 2.45) is 0 Å². The maximum absolute atomic E-state index is 12.5. The van der Waals surface area contributed by atoms with Crippen molar-refractivity contribution in [1.29, 1.82) is 0 Å². The molecule has 26 heavy (non-hydrogen) atoms. The molecule has 2 aromatic carbocycles. The number of aromatic nitrogens is 1. The van der Waals surface area contributed by atoms with Gasteiger partial charge < -0.3 is 14.6 Å². The molecule has 2 amide bonds. The van der Waals surface area contributed by atoms with Crippen LogP contribution in [0.2, 0.25) is 5.02 Å². The van der Waals surface area contributed by atoms with Crippen LogP contribution in [0, 0.1) is 6.92 Å². The van der Waals surface area contributed by atoms with E-state index in [2.05, 4.69) is 10.3 Å². The van der Waals surface area contributed by atoms with Crippen LogP contribution < -0.4 is 5.32 Å². The van der Waals surface area contributed by atoms with Crippen LogP contribution in [0.15, 0.2) is 46.9 Å². The maximum atomic E-state index is 12.5. The molecule has 2 heterocycles. The Morgan fingerprint density at radius 3 is 2.73 bits per heavy atom. The Balaban J connectivity index is 1.38. The van der Waals surface area contributed by atoms with Crippen LogP contribution in [-0.2, 0) is 0 Å². The highest BCUT2D eigenvalue weighted by atomic mass is 35.5. The van der Waals surface area contributed by atoms with E-state index >= 15 is 0 Å². The van der Waals surface area contributed by atoms with Crippen molar-refractivity contribution in [3.05, 3.63) is 58.9 Å². The Hall–Kier alpha value is -2.53. The summed E-state index contributed by atoms with van der Waals surface area (Å²) in [6, 6.07) is 13.2. The number of piperidine rings is 1. The van der Waals surface area contributed by atoms with Crippen molar-refractivity contribution in [3.8, 4) is 0 Å². The quantitative estimate of drug-likeness (QED) is 0.675. The Morgan fingerprint density at radius 1 is 1.23 bits per heavy atom. The second-order valence-electron chi connectivity index (χ2n) is 6.68. The summed E-state index contributed by atoms with van der Waals surface area (Å²) < 4.78 is 5.88. The van der Waals surface area contributed by atoms with Gasteiger partial charge in [0.05, 0.1) is 0 Å². The predicted octanol–water partition coefficient (Wildman–Crippen LogP) is 5.20. The first kappa shape index (κ1) is 16.9. The van der Waals surface area contributed by atoms with Gasteiger partial charge in [0, 0.05) is 29.7 Å². The number of fused-ring (bicyclic) bond motifs is 1. The van der Waals surface area contributed by atoms with Gasteiger partial charge in [-0.25, -0.2) is 9.78 Å². The Labute approximate surface area is 157 Å². The molecule has 1 saturated heterocycles. The van der Waals surface area contributed by atoms with Crippen LogP contribution in [0.5, 0.6) is 0 Å². The summed E-state index contributed by atoms with van der Waals surface area (Å²) in [5.74, 6) is 1.02. The van der Waals surface area contributed by atoms with E-state index in [9.17, 15) is 4.79 Å². The molecule has 0 atom stereocenters. The molecule has 1 aliphatic rings. The third-order valence-corrected chi connectivity index (χ3v) is 5.27. The Bertz CT molecular complexity index is 912. The van der Waals surface area contributed by atoms with Gasteiger partial charge in [-0.1, -0.05) is 29.8 Å². The molecule has 134 valence electrons. The summed E-state index contributed by atoms with van der Waals surface area (Å²) in [6.07, 6.45) is 1.68. The minimum absolute atomic E-state index is 0.0964. The number of hydrogen-bond acceptors (Lipinski definition) is 3. The molecule has 0 radical (unpaired) electrons. The van der Waals surface area contributed by atoms with E-state index in [1.165, 1.54) is 0 Å². The lowest BCUT2D eigenvalue weighted by Crippen LogP contribution is -2.40. The number of carbonyl (C=O) groups excluding carboxylic acids is 1. The molecular formula is C20H20ClN3O2. The number of benzene rings is 2. The van der Waals surface area contributed by atoms with Crippen LogP contribution in [0.25, 0.3) is 11.1 Å². The number of hydrogen-bond donors (Lipinski definition) is 1. The highest BCUT2D eigenvalue weighted by molar-refractivity contribution is 6.31. The third-order valence-electron chi connectivity index (χ3n) is 4.86. The molecule has 4 rings (SSSR count). The average Bonchev–Trinajstić information content (AvgIpc) is 3.09. The van der Waals surface area contributed by atoms with Gasteiger partial charge >= 0.3 is 6.03 Å². The van der Waals surface area contributed by atoms with Crippen LogP contribution in [0.3, 0.4) is 0 Å². The number of para-hydroxylation sites is 2. The molecule has 0 unspecified atom stereocenters. The number of aryl methyl sites for hydroxylation is 1. The first-order valence-electron chi connectivity index (χ1n) is 8.78. The van der Waals surface area contributed by atoms with Gasteiger partial charge in [-0.15, -0.1) is 0 Å². The van der Waals surface area contributed by atoms with Crippen molar-refractivity contribution in [2.45, 2.75) is 25.7 Å². The van der Waals surface area contributed by atoms with E-state index in [0.717, 1.165) is 35.4 Å². The van der Waals surface area contributed by atoms with Crippen LogP contribution in [0.4, 0.5) is 10.5 Å². The molecule has 0 aliphatic carbocycles. The predicted molar refractivity (Wildman–Crippen MR) is 103 cm³/mol. The Kier molecular flexibility index (Phi) is 4.55. The summed E-state index contributed by atoms with van der Waals surface area (Å²) in [5, 5.41) is 3.57. The molecule has 0 spiro atoms. The smallest absolute Gasteiger partial charge is 0.321 e. The lowest BCUT2D eigenvalue weighted by atomic mass is 9.97. The molecule has 1 N–H and O–H groups in total. The van der Waals surface area contributed by atoms with Crippen molar-refractivity contribution in [2.75, 3.05) is 18.4 Å². The standard InChI is InChI=1S/C20H20ClN3O2/c1-13-6-7-15(12-16(13)21)22-20(25)24-10-8-14(9-11-24)19-23-17-4-2-3-5-18(17)26-19/h2-7,12,14H,8-11H2,1H3,(H,22,25). The number of urea groups is 1. The zero-order valence-corrected chi connectivity index (χ0v) is 15.3. The normalized spacial score (nSPS) is 15.4. The number of nitrogens with zero attached hydrogens (tertiary/aromatic N) is 2. The number of rotatable bonds is 2. The van der Waals surface area contributed by atoms with Gasteiger partial charge in [0.2, 0.25) is 0 Å². The monoisotopic (exact) mass is 369 g/mol. The average molecular weight is 370 g/mol. The van der Waals surface area contributed by atoms with Crippen LogP contribution in [0.1, 0.15) is 30.2 Å². The number of oxazole rings is 1. The fraction of sp³-hybridized carbons (Fsp3) is 0.300. The van der Waals surface area contributed by atoms with E-state index in [1.54, 1.807) is 6.07 Å². The molecular weight excluding hydrogens is 350 g/mol. The summed E-state index contributed by atoms with van der Waals surface area (Å²) >= 11 is 6.12. The van der Waals surface area contributed by atoms with Crippen LogP contribution >= 0.6 is 11.6 Å². The molecule has 0 bridgehead atoms. The molecule has 1 aromatic heterocycles. The van der Waals surface area contributed by atoms with Gasteiger partial charge in [-0.05, 0) is 49.6 Å². The largest absolute Gasteiger partial charge is 0.440 e. The van der Waals surface area contributed by atoms with Gasteiger partial charge in [0.25, 0.3) is 0 Å². The summed E-state index contributed by atoms with van der Waals surface area (Å²) in [7, 11) is 0. The minimum atomic E-state index is -0.0964. The van der Waals surface area contributed by atoms with E-state index in [1.807, 2.05) is 48.2 Å². The van der Waals surface area contributed by atoms with E-state index in [0.29, 0.717) is 23.8 Å². The SMILES string of the molecule is Cc1ccc(NC(=O)N2CCC(c3nc4ccccc4o3)CC2)cc1Cl. The number of carbonyl (C=O) groups is 1. The highest BCUT2D eigenvalue weighted by Crippen LogP contribution is 2.30. The zero-order chi connectivity index (χ0) is 18.1. The molecule has 1 fully saturated rings. The second-order valence-corrected chi connectivity index (χ2v) is 7.08. The first-order valence-corrected chi connectivity index (χ1v) is 9.15. The number of amides is 2. The molecule has 5 nitrogen and oxygen atoms in total. The number of anilines is 1. The van der Waals surface area contributed by atoms with Gasteiger partial charge in [0.15, 0.2) is 11.5 Å². The highest BCUT2D eigenvalue weighted by Gasteiger charge is 2.27. The second kappa shape index (κ2) is 7.00. The number of halogens is 1. The third kappa shape index (κ3) is 3.40. The van der Waals surface area contributed by atoms with Crippen molar-refractivity contribution in [3.63, 3.8) is 0 Å². The lowest BCUT2D eigenvalue weighted by Gasteiger charge is -2.30. The first-order chi connectivity index (χ1) is 12.6. The summed E-state index contributed by atoms with van der Waals surface area (Å²) in [6.45, 7) is 3.29. The summed E-state index contributed by atoms with van der Waals surface area (Å²) in [5.41, 5.74) is 3.41. The molecule has 0 saturated carbocycles. The van der Waals surface area contributed by atoms with Crippen molar-refractivity contribution in [1.82, 2.24) is 9.88 Å². The molecule has 3 aromatic rings. The van der Waals surface area contributed by atoms with Crippen molar-refractivity contribution >= 4 is 34.4 Å². The minimum Gasteiger partial charge on any atom is -0.440 e. The van der Waals surface area contributed by atoms with E-state index in [4.69, 9.17) is 16.0 Å². The van der Waals surface area contributed by atoms with Gasteiger partial charge in [-0.3, -0.25) is 0 Å². The fourth-order valence-corrected chi connectivity index (χ4v) is 3.45. The molecule has 1 aliphatic heterocycles. The van der Waals surface area contributed by atoms with E-state index in [-0.39, 0.29) is 11.9 Å². The fourth-order valence-electron chi connectivity index (χ4n) is 3.27. The van der Waals surface area contributed by atoms with Crippen molar-refractivity contribution < 1.29 is 9.21 Å². The van der Waals surface area contributed by atoms with Crippen LogP contribution in [-0.4, -0.2) is 29.0 Å². The van der Waals surface area contributed by atoms with Gasteiger partial charge in [-0.2, -0.15) is 0 Å². The Morgan fingerprint density at radius 2 is 2.00 bits per heavy atom. The number of nitrogens with one attached hydrogen (secondary N) is 1. The maximum Gasteiger partial charge on any atom is 0.321 e. The lowest BCUT2D eigenvalue weighted by molar-refractivity contribution is 0.190. The topological polar surface area (TPSA) is 58.4 Å².